The number of ether oxygens (including phenoxy) is 1. The van der Waals surface area contributed by atoms with Gasteiger partial charge in [-0.25, -0.2) is 0 Å². The average molecular weight is 190 g/mol. The standard InChI is InChI=1S/C11H14N2O/c1-7(12)10-6-9(4-5-11(10)13)14-8-2-3-8/h4-6,8,12H,2-3,13H2,1H3. The van der Waals surface area contributed by atoms with Gasteiger partial charge in [0.2, 0.25) is 0 Å². The third-order valence-corrected chi connectivity index (χ3v) is 2.26. The van der Waals surface area contributed by atoms with E-state index in [1.165, 1.54) is 0 Å². The molecule has 0 heterocycles. The first kappa shape index (κ1) is 9.06. The average Bonchev–Trinajstić information content (AvgIpc) is 2.92. The van der Waals surface area contributed by atoms with E-state index >= 15 is 0 Å². The van der Waals surface area contributed by atoms with E-state index in [1.807, 2.05) is 12.1 Å². The van der Waals surface area contributed by atoms with Crippen LogP contribution in [0.4, 0.5) is 5.69 Å². The second-order valence-electron chi connectivity index (χ2n) is 3.69. The molecule has 0 aromatic heterocycles. The maximum absolute atomic E-state index is 7.54. The van der Waals surface area contributed by atoms with Crippen molar-refractivity contribution in [1.29, 1.82) is 5.41 Å². The van der Waals surface area contributed by atoms with Crippen molar-refractivity contribution in [3.8, 4) is 5.75 Å². The summed E-state index contributed by atoms with van der Waals surface area (Å²) >= 11 is 0. The summed E-state index contributed by atoms with van der Waals surface area (Å²) in [6, 6.07) is 5.50. The van der Waals surface area contributed by atoms with Gasteiger partial charge in [0.15, 0.2) is 0 Å². The lowest BCUT2D eigenvalue weighted by molar-refractivity contribution is 0.303. The van der Waals surface area contributed by atoms with Crippen LogP contribution in [0.2, 0.25) is 0 Å². The van der Waals surface area contributed by atoms with E-state index in [9.17, 15) is 0 Å². The van der Waals surface area contributed by atoms with Gasteiger partial charge in [-0.1, -0.05) is 0 Å². The summed E-state index contributed by atoms with van der Waals surface area (Å²) in [7, 11) is 0. The monoisotopic (exact) mass is 190 g/mol. The molecule has 1 aliphatic rings. The minimum Gasteiger partial charge on any atom is -0.490 e. The van der Waals surface area contributed by atoms with Crippen LogP contribution in [-0.4, -0.2) is 11.8 Å². The van der Waals surface area contributed by atoms with Crippen LogP contribution in [0.5, 0.6) is 5.75 Å². The van der Waals surface area contributed by atoms with Crippen molar-refractivity contribution in [2.75, 3.05) is 5.73 Å². The van der Waals surface area contributed by atoms with Gasteiger partial charge >= 0.3 is 0 Å². The van der Waals surface area contributed by atoms with Gasteiger partial charge in [0.05, 0.1) is 6.10 Å². The molecule has 0 spiro atoms. The van der Waals surface area contributed by atoms with Crippen molar-refractivity contribution in [3.05, 3.63) is 23.8 Å². The molecule has 0 unspecified atom stereocenters. The molecule has 0 radical (unpaired) electrons. The minimum absolute atomic E-state index is 0.387. The van der Waals surface area contributed by atoms with Gasteiger partial charge in [-0.15, -0.1) is 0 Å². The van der Waals surface area contributed by atoms with E-state index < -0.39 is 0 Å². The third kappa shape index (κ3) is 1.87. The summed E-state index contributed by atoms with van der Waals surface area (Å²) in [4.78, 5) is 0. The fourth-order valence-corrected chi connectivity index (χ4v) is 1.31. The molecule has 0 saturated heterocycles. The highest BCUT2D eigenvalue weighted by molar-refractivity contribution is 6.01. The summed E-state index contributed by atoms with van der Waals surface area (Å²) in [5.41, 5.74) is 7.62. The van der Waals surface area contributed by atoms with Crippen LogP contribution in [0, 0.1) is 5.41 Å². The summed E-state index contributed by atoms with van der Waals surface area (Å²) < 4.78 is 5.62. The zero-order valence-corrected chi connectivity index (χ0v) is 8.21. The minimum atomic E-state index is 0.387. The first-order valence-corrected chi connectivity index (χ1v) is 4.78. The fourth-order valence-electron chi connectivity index (χ4n) is 1.31. The van der Waals surface area contributed by atoms with Gasteiger partial charge in [-0.2, -0.15) is 0 Å². The Morgan fingerprint density at radius 3 is 2.79 bits per heavy atom. The van der Waals surface area contributed by atoms with Crippen molar-refractivity contribution in [1.82, 2.24) is 0 Å². The summed E-state index contributed by atoms with van der Waals surface area (Å²) in [5.74, 6) is 0.823. The Morgan fingerprint density at radius 2 is 2.21 bits per heavy atom. The molecular formula is C11H14N2O. The van der Waals surface area contributed by atoms with Gasteiger partial charge in [0.25, 0.3) is 0 Å². The van der Waals surface area contributed by atoms with E-state index in [4.69, 9.17) is 15.9 Å². The third-order valence-electron chi connectivity index (χ3n) is 2.26. The Bertz CT molecular complexity index is 370. The van der Waals surface area contributed by atoms with Crippen molar-refractivity contribution in [2.45, 2.75) is 25.9 Å². The zero-order chi connectivity index (χ0) is 10.1. The lowest BCUT2D eigenvalue weighted by atomic mass is 10.1. The molecule has 0 amide bonds. The van der Waals surface area contributed by atoms with E-state index in [1.54, 1.807) is 13.0 Å². The molecule has 1 aromatic rings. The van der Waals surface area contributed by atoms with Crippen molar-refractivity contribution < 1.29 is 4.74 Å². The van der Waals surface area contributed by atoms with Gasteiger partial charge in [-0.05, 0) is 38.0 Å². The highest BCUT2D eigenvalue weighted by Gasteiger charge is 2.23. The number of benzene rings is 1. The topological polar surface area (TPSA) is 59.1 Å². The van der Waals surface area contributed by atoms with Crippen molar-refractivity contribution in [2.24, 2.45) is 0 Å². The molecule has 0 bridgehead atoms. The van der Waals surface area contributed by atoms with Crippen LogP contribution in [0.1, 0.15) is 25.3 Å². The van der Waals surface area contributed by atoms with E-state index in [0.717, 1.165) is 24.2 Å². The largest absolute Gasteiger partial charge is 0.490 e. The molecular weight excluding hydrogens is 176 g/mol. The second kappa shape index (κ2) is 3.33. The molecule has 3 N–H and O–H groups in total. The van der Waals surface area contributed by atoms with Crippen LogP contribution >= 0.6 is 0 Å². The van der Waals surface area contributed by atoms with Gasteiger partial charge in [0.1, 0.15) is 5.75 Å². The van der Waals surface area contributed by atoms with Gasteiger partial charge in [0, 0.05) is 17.0 Å². The molecule has 2 rings (SSSR count). The predicted octanol–water partition coefficient (Wildman–Crippen LogP) is 2.20. The summed E-state index contributed by atoms with van der Waals surface area (Å²) in [5, 5.41) is 7.54. The molecule has 1 aromatic carbocycles. The smallest absolute Gasteiger partial charge is 0.120 e. The van der Waals surface area contributed by atoms with Crippen LogP contribution in [0.3, 0.4) is 0 Å². The Labute approximate surface area is 83.4 Å². The van der Waals surface area contributed by atoms with Crippen LogP contribution in [-0.2, 0) is 0 Å². The first-order chi connectivity index (χ1) is 6.66. The molecule has 0 aliphatic heterocycles. The SMILES string of the molecule is CC(=N)c1cc(OC2CC2)ccc1N. The van der Waals surface area contributed by atoms with Gasteiger partial charge in [-0.3, -0.25) is 0 Å². The molecule has 3 heteroatoms. The number of nitrogen functional groups attached to an aromatic ring is 1. The number of hydrogen-bond acceptors (Lipinski definition) is 3. The van der Waals surface area contributed by atoms with Crippen LogP contribution in [0.15, 0.2) is 18.2 Å². The number of hydrogen-bond donors (Lipinski definition) is 2. The van der Waals surface area contributed by atoms with Crippen LogP contribution < -0.4 is 10.5 Å². The molecule has 1 saturated carbocycles. The zero-order valence-electron chi connectivity index (χ0n) is 8.21. The Balaban J connectivity index is 2.24. The predicted molar refractivity (Wildman–Crippen MR) is 57.0 cm³/mol. The lowest BCUT2D eigenvalue weighted by Crippen LogP contribution is -2.02. The van der Waals surface area contributed by atoms with Gasteiger partial charge < -0.3 is 15.9 Å². The highest BCUT2D eigenvalue weighted by Crippen LogP contribution is 2.28. The lowest BCUT2D eigenvalue weighted by Gasteiger charge is -2.08. The number of rotatable bonds is 3. The van der Waals surface area contributed by atoms with E-state index in [2.05, 4.69) is 0 Å². The Morgan fingerprint density at radius 1 is 1.50 bits per heavy atom. The summed E-state index contributed by atoms with van der Waals surface area (Å²) in [6.07, 6.45) is 2.67. The van der Waals surface area contributed by atoms with E-state index in [0.29, 0.717) is 17.5 Å². The highest BCUT2D eigenvalue weighted by atomic mass is 16.5. The fraction of sp³-hybridized carbons (Fsp3) is 0.364. The van der Waals surface area contributed by atoms with Crippen molar-refractivity contribution >= 4 is 11.4 Å². The quantitative estimate of drug-likeness (QED) is 0.567. The molecule has 1 aliphatic carbocycles. The maximum atomic E-state index is 7.54. The molecule has 14 heavy (non-hydrogen) atoms. The normalized spacial score (nSPS) is 15.2. The van der Waals surface area contributed by atoms with Crippen molar-refractivity contribution in [3.63, 3.8) is 0 Å². The number of anilines is 1. The summed E-state index contributed by atoms with van der Waals surface area (Å²) in [6.45, 7) is 1.73. The van der Waals surface area contributed by atoms with E-state index in [-0.39, 0.29) is 0 Å². The number of nitrogens with two attached hydrogens (primary N) is 1. The molecule has 1 fully saturated rings. The first-order valence-electron chi connectivity index (χ1n) is 4.78. The Kier molecular flexibility index (Phi) is 2.15. The number of nitrogens with one attached hydrogen (secondary N) is 1. The molecule has 74 valence electrons. The molecule has 3 nitrogen and oxygen atoms in total. The Hall–Kier alpha value is -1.51. The van der Waals surface area contributed by atoms with Crippen LogP contribution in [0.25, 0.3) is 0 Å². The second-order valence-corrected chi connectivity index (χ2v) is 3.69. The molecule has 0 atom stereocenters. The maximum Gasteiger partial charge on any atom is 0.120 e.